The first-order valence-electron chi connectivity index (χ1n) is 4.43. The van der Waals surface area contributed by atoms with Gasteiger partial charge in [-0.15, -0.1) is 0 Å². The number of nitrogens with zero attached hydrogens (tertiary/aromatic N) is 2. The first-order valence-corrected chi connectivity index (χ1v) is 4.43. The quantitative estimate of drug-likeness (QED) is 0.372. The van der Waals surface area contributed by atoms with Gasteiger partial charge in [0.05, 0.1) is 31.6 Å². The summed E-state index contributed by atoms with van der Waals surface area (Å²) in [5.41, 5.74) is 0.991. The van der Waals surface area contributed by atoms with Crippen LogP contribution in [0.5, 0.6) is 0 Å². The van der Waals surface area contributed by atoms with E-state index in [2.05, 4.69) is 0 Å². The van der Waals surface area contributed by atoms with Crippen molar-refractivity contribution in [1.29, 1.82) is 0 Å². The lowest BCUT2D eigenvalue weighted by atomic mass is 10.1. The molecule has 0 heterocycles. The normalized spacial score (nSPS) is 10.6. The van der Waals surface area contributed by atoms with E-state index in [9.17, 15) is 10.1 Å². The summed E-state index contributed by atoms with van der Waals surface area (Å²) >= 11 is 0. The highest BCUT2D eigenvalue weighted by atomic mass is 35.5. The first kappa shape index (κ1) is 13.9. The van der Waals surface area contributed by atoms with Crippen LogP contribution < -0.4 is 12.4 Å². The lowest BCUT2D eigenvalue weighted by molar-refractivity contribution is -0.884. The molecule has 84 valence electrons. The standard InChI is InChI=1S/C10H15N2O2.ClH/c1-12(2,3)8-9-6-4-5-7-10(9)11(13)14;/h4-7H,8H2,1-3H3;1H/q+1;/p-1. The number of nitro benzene ring substituents is 1. The summed E-state index contributed by atoms with van der Waals surface area (Å²) in [6.45, 7) is 0.664. The molecule has 0 unspecified atom stereocenters. The van der Waals surface area contributed by atoms with E-state index in [-0.39, 0.29) is 23.0 Å². The van der Waals surface area contributed by atoms with Crippen molar-refractivity contribution in [1.82, 2.24) is 0 Å². The van der Waals surface area contributed by atoms with Crippen molar-refractivity contribution in [3.05, 3.63) is 39.9 Å². The van der Waals surface area contributed by atoms with Gasteiger partial charge in [0, 0.05) is 6.07 Å². The zero-order valence-corrected chi connectivity index (χ0v) is 9.86. The lowest BCUT2D eigenvalue weighted by Gasteiger charge is -2.23. The van der Waals surface area contributed by atoms with Crippen LogP contribution in [0.1, 0.15) is 5.56 Å². The highest BCUT2D eigenvalue weighted by Crippen LogP contribution is 2.20. The molecule has 1 rings (SSSR count). The minimum Gasteiger partial charge on any atom is -1.00 e. The molecule has 1 aromatic rings. The summed E-state index contributed by atoms with van der Waals surface area (Å²) in [6, 6.07) is 6.88. The summed E-state index contributed by atoms with van der Waals surface area (Å²) < 4.78 is 0.685. The Bertz CT molecular complexity index is 348. The molecule has 0 N–H and O–H groups in total. The molecular formula is C10H15ClN2O2. The van der Waals surface area contributed by atoms with Gasteiger partial charge in [0.25, 0.3) is 5.69 Å². The second-order valence-corrected chi connectivity index (χ2v) is 4.33. The third-order valence-corrected chi connectivity index (χ3v) is 1.83. The SMILES string of the molecule is C[N+](C)(C)Cc1ccccc1[N+](=O)[O-].[Cl-]. The van der Waals surface area contributed by atoms with Gasteiger partial charge in [-0.3, -0.25) is 10.1 Å². The summed E-state index contributed by atoms with van der Waals surface area (Å²) in [7, 11) is 6.03. The van der Waals surface area contributed by atoms with E-state index in [4.69, 9.17) is 0 Å². The minimum atomic E-state index is -0.328. The molecule has 0 spiro atoms. The second kappa shape index (κ2) is 5.09. The Morgan fingerprint density at radius 2 is 1.80 bits per heavy atom. The number of nitro groups is 1. The second-order valence-electron chi connectivity index (χ2n) is 4.33. The van der Waals surface area contributed by atoms with Crippen molar-refractivity contribution in [2.45, 2.75) is 6.54 Å². The smallest absolute Gasteiger partial charge is 0.278 e. The summed E-state index contributed by atoms with van der Waals surface area (Å²) in [5, 5.41) is 10.7. The fraction of sp³-hybridized carbons (Fsp3) is 0.400. The number of halogens is 1. The Labute approximate surface area is 95.7 Å². The molecular weight excluding hydrogens is 216 g/mol. The zero-order chi connectivity index (χ0) is 10.8. The summed E-state index contributed by atoms with van der Waals surface area (Å²) in [4.78, 5) is 10.4. The van der Waals surface area contributed by atoms with Gasteiger partial charge in [0.15, 0.2) is 0 Å². The highest BCUT2D eigenvalue weighted by molar-refractivity contribution is 5.39. The third-order valence-electron chi connectivity index (χ3n) is 1.83. The van der Waals surface area contributed by atoms with Crippen molar-refractivity contribution in [3.8, 4) is 0 Å². The van der Waals surface area contributed by atoms with Crippen molar-refractivity contribution in [3.63, 3.8) is 0 Å². The largest absolute Gasteiger partial charge is 1.00 e. The zero-order valence-electron chi connectivity index (χ0n) is 9.11. The molecule has 15 heavy (non-hydrogen) atoms. The van der Waals surface area contributed by atoms with Gasteiger partial charge in [-0.1, -0.05) is 12.1 Å². The summed E-state index contributed by atoms with van der Waals surface area (Å²) in [5.74, 6) is 0. The molecule has 0 aliphatic carbocycles. The minimum absolute atomic E-state index is 0. The fourth-order valence-electron chi connectivity index (χ4n) is 1.33. The van der Waals surface area contributed by atoms with Crippen LogP contribution in [-0.4, -0.2) is 30.5 Å². The predicted octanol–water partition coefficient (Wildman–Crippen LogP) is -1.19. The maximum Gasteiger partial charge on any atom is 0.278 e. The summed E-state index contributed by atoms with van der Waals surface area (Å²) in [6.07, 6.45) is 0. The van der Waals surface area contributed by atoms with E-state index in [1.807, 2.05) is 33.3 Å². The molecule has 0 aliphatic rings. The van der Waals surface area contributed by atoms with Crippen LogP contribution in [0, 0.1) is 10.1 Å². The van der Waals surface area contributed by atoms with Crippen molar-refractivity contribution in [2.24, 2.45) is 0 Å². The molecule has 0 bridgehead atoms. The van der Waals surface area contributed by atoms with Gasteiger partial charge >= 0.3 is 0 Å². The van der Waals surface area contributed by atoms with Gasteiger partial charge in [-0.2, -0.15) is 0 Å². The molecule has 1 aromatic carbocycles. The van der Waals surface area contributed by atoms with E-state index in [0.29, 0.717) is 11.0 Å². The van der Waals surface area contributed by atoms with Gasteiger partial charge in [0.1, 0.15) is 6.54 Å². The predicted molar refractivity (Wildman–Crippen MR) is 54.8 cm³/mol. The molecule has 4 nitrogen and oxygen atoms in total. The lowest BCUT2D eigenvalue weighted by Crippen LogP contribution is -3.00. The van der Waals surface area contributed by atoms with Crippen molar-refractivity contribution < 1.29 is 21.8 Å². The molecule has 5 heteroatoms. The van der Waals surface area contributed by atoms with E-state index < -0.39 is 0 Å². The monoisotopic (exact) mass is 230 g/mol. The Balaban J connectivity index is 0.00000196. The van der Waals surface area contributed by atoms with E-state index in [1.165, 1.54) is 0 Å². The van der Waals surface area contributed by atoms with Crippen LogP contribution in [0.15, 0.2) is 24.3 Å². The number of hydrogen-bond donors (Lipinski definition) is 0. The van der Waals surface area contributed by atoms with Gasteiger partial charge < -0.3 is 16.9 Å². The van der Waals surface area contributed by atoms with E-state index in [1.54, 1.807) is 12.1 Å². The molecule has 0 radical (unpaired) electrons. The number of rotatable bonds is 3. The number of para-hydroxylation sites is 1. The Morgan fingerprint density at radius 1 is 1.27 bits per heavy atom. The van der Waals surface area contributed by atoms with E-state index >= 15 is 0 Å². The van der Waals surface area contributed by atoms with Crippen LogP contribution in [0.3, 0.4) is 0 Å². The Hall–Kier alpha value is -1.13. The van der Waals surface area contributed by atoms with Crippen molar-refractivity contribution >= 4 is 5.69 Å². The van der Waals surface area contributed by atoms with Gasteiger partial charge in [0.2, 0.25) is 0 Å². The van der Waals surface area contributed by atoms with Crippen molar-refractivity contribution in [2.75, 3.05) is 21.1 Å². The molecule has 0 aliphatic heterocycles. The maximum absolute atomic E-state index is 10.7. The molecule has 0 saturated heterocycles. The average molecular weight is 231 g/mol. The molecule has 0 amide bonds. The number of hydrogen-bond acceptors (Lipinski definition) is 2. The Kier molecular flexibility index (Phi) is 4.71. The third kappa shape index (κ3) is 4.27. The van der Waals surface area contributed by atoms with Gasteiger partial charge in [-0.25, -0.2) is 0 Å². The number of quaternary nitrogens is 1. The molecule has 0 aromatic heterocycles. The topological polar surface area (TPSA) is 43.1 Å². The molecule has 0 saturated carbocycles. The number of benzene rings is 1. The highest BCUT2D eigenvalue weighted by Gasteiger charge is 2.18. The van der Waals surface area contributed by atoms with Crippen LogP contribution in [0.4, 0.5) is 5.69 Å². The van der Waals surface area contributed by atoms with Crippen LogP contribution in [0.25, 0.3) is 0 Å². The molecule has 0 atom stereocenters. The van der Waals surface area contributed by atoms with Crippen LogP contribution >= 0.6 is 0 Å². The Morgan fingerprint density at radius 3 is 2.27 bits per heavy atom. The first-order chi connectivity index (χ1) is 6.40. The van der Waals surface area contributed by atoms with Gasteiger partial charge in [-0.05, 0) is 6.07 Å². The average Bonchev–Trinajstić information content (AvgIpc) is 2.01. The maximum atomic E-state index is 10.7. The van der Waals surface area contributed by atoms with Crippen LogP contribution in [0.2, 0.25) is 0 Å². The van der Waals surface area contributed by atoms with E-state index in [0.717, 1.165) is 5.56 Å². The molecule has 0 fully saturated rings. The van der Waals surface area contributed by atoms with Crippen LogP contribution in [-0.2, 0) is 6.54 Å². The fourth-order valence-corrected chi connectivity index (χ4v) is 1.33.